The summed E-state index contributed by atoms with van der Waals surface area (Å²) in [6.45, 7) is 0.974. The normalized spacial score (nSPS) is 20.7. The molecule has 1 heterocycles. The van der Waals surface area contributed by atoms with E-state index in [0.717, 1.165) is 25.1 Å². The molecule has 5 nitrogen and oxygen atoms in total. The number of guanidine groups is 1. The van der Waals surface area contributed by atoms with Crippen LogP contribution in [0, 0.1) is 0 Å². The largest absolute Gasteiger partial charge is 0.333 e. The fourth-order valence-electron chi connectivity index (χ4n) is 2.14. The van der Waals surface area contributed by atoms with Gasteiger partial charge in [-0.25, -0.2) is 4.99 Å². The topological polar surface area (TPSA) is 65.7 Å². The number of nitrogens with two attached hydrogens (primary N) is 1. The monoisotopic (exact) mass is 341 g/mol. The number of nitrogens with one attached hydrogen (secondary N) is 2. The van der Waals surface area contributed by atoms with Gasteiger partial charge in [0.25, 0.3) is 0 Å². The Labute approximate surface area is 141 Å². The Bertz CT molecular complexity index is 585. The SMILES string of the molecule is CN(C)CCCC1(N)C=CNC(Nc2ccc(Cl)cc2Cl)=N1. The van der Waals surface area contributed by atoms with Crippen LogP contribution in [0.15, 0.2) is 35.5 Å². The number of benzene rings is 1. The van der Waals surface area contributed by atoms with E-state index in [1.165, 1.54) is 0 Å². The van der Waals surface area contributed by atoms with Crippen LogP contribution in [0.1, 0.15) is 12.8 Å². The lowest BCUT2D eigenvalue weighted by molar-refractivity contribution is 0.367. The average molecular weight is 342 g/mol. The number of anilines is 1. The van der Waals surface area contributed by atoms with Gasteiger partial charge in [-0.1, -0.05) is 23.2 Å². The molecule has 1 aromatic carbocycles. The fraction of sp³-hybridized carbons (Fsp3) is 0.400. The quantitative estimate of drug-likeness (QED) is 0.770. The maximum absolute atomic E-state index is 6.32. The molecular formula is C15H21Cl2N5. The highest BCUT2D eigenvalue weighted by Gasteiger charge is 2.24. The molecule has 0 saturated heterocycles. The number of halogens is 2. The minimum absolute atomic E-state index is 0.529. The summed E-state index contributed by atoms with van der Waals surface area (Å²) < 4.78 is 0. The third-order valence-electron chi connectivity index (χ3n) is 3.28. The smallest absolute Gasteiger partial charge is 0.202 e. The molecule has 2 rings (SSSR count). The van der Waals surface area contributed by atoms with E-state index < -0.39 is 5.66 Å². The zero-order chi connectivity index (χ0) is 16.2. The zero-order valence-electron chi connectivity index (χ0n) is 12.7. The van der Waals surface area contributed by atoms with Gasteiger partial charge in [0.05, 0.1) is 10.7 Å². The third-order valence-corrected chi connectivity index (χ3v) is 3.83. The summed E-state index contributed by atoms with van der Waals surface area (Å²) in [6, 6.07) is 5.25. The van der Waals surface area contributed by atoms with Gasteiger partial charge in [0.2, 0.25) is 5.96 Å². The molecule has 1 aliphatic rings. The maximum Gasteiger partial charge on any atom is 0.202 e. The molecule has 1 atom stereocenters. The van der Waals surface area contributed by atoms with E-state index in [0.29, 0.717) is 16.0 Å². The molecule has 0 bridgehead atoms. The highest BCUT2D eigenvalue weighted by atomic mass is 35.5. The van der Waals surface area contributed by atoms with Crippen molar-refractivity contribution in [2.45, 2.75) is 18.5 Å². The van der Waals surface area contributed by atoms with E-state index in [1.54, 1.807) is 24.4 Å². The number of nitrogens with zero attached hydrogens (tertiary/aromatic N) is 2. The van der Waals surface area contributed by atoms with Gasteiger partial charge in [-0.2, -0.15) is 0 Å². The van der Waals surface area contributed by atoms with Crippen molar-refractivity contribution in [1.82, 2.24) is 10.2 Å². The molecule has 0 radical (unpaired) electrons. The molecule has 0 aromatic heterocycles. The van der Waals surface area contributed by atoms with Crippen molar-refractivity contribution in [3.63, 3.8) is 0 Å². The molecule has 7 heteroatoms. The highest BCUT2D eigenvalue weighted by molar-refractivity contribution is 6.36. The second-order valence-corrected chi connectivity index (χ2v) is 6.43. The molecule has 4 N–H and O–H groups in total. The van der Waals surface area contributed by atoms with Crippen LogP contribution in [0.5, 0.6) is 0 Å². The van der Waals surface area contributed by atoms with E-state index in [2.05, 4.69) is 20.5 Å². The third kappa shape index (κ3) is 4.88. The summed E-state index contributed by atoms with van der Waals surface area (Å²) in [7, 11) is 4.08. The Morgan fingerprint density at radius 3 is 2.82 bits per heavy atom. The Hall–Kier alpha value is -1.27. The van der Waals surface area contributed by atoms with Gasteiger partial charge in [0.15, 0.2) is 0 Å². The van der Waals surface area contributed by atoms with Crippen molar-refractivity contribution in [1.29, 1.82) is 0 Å². The van der Waals surface area contributed by atoms with Crippen LogP contribution in [0.3, 0.4) is 0 Å². The molecule has 0 fully saturated rings. The first kappa shape index (κ1) is 17.1. The van der Waals surface area contributed by atoms with Crippen molar-refractivity contribution in [3.8, 4) is 0 Å². The van der Waals surface area contributed by atoms with E-state index in [4.69, 9.17) is 28.9 Å². The Balaban J connectivity index is 2.04. The summed E-state index contributed by atoms with van der Waals surface area (Å²) in [4.78, 5) is 6.67. The predicted molar refractivity (Wildman–Crippen MR) is 94.5 cm³/mol. The molecule has 0 amide bonds. The minimum atomic E-state index is -0.706. The fourth-order valence-corrected chi connectivity index (χ4v) is 2.60. The summed E-state index contributed by atoms with van der Waals surface area (Å²) in [6.07, 6.45) is 5.40. The van der Waals surface area contributed by atoms with E-state index >= 15 is 0 Å². The lowest BCUT2D eigenvalue weighted by atomic mass is 10.0. The van der Waals surface area contributed by atoms with Crippen molar-refractivity contribution in [2.24, 2.45) is 10.7 Å². The van der Waals surface area contributed by atoms with Gasteiger partial charge in [-0.15, -0.1) is 0 Å². The van der Waals surface area contributed by atoms with Gasteiger partial charge >= 0.3 is 0 Å². The lowest BCUT2D eigenvalue weighted by Gasteiger charge is -2.27. The predicted octanol–water partition coefficient (Wildman–Crippen LogP) is 2.88. The molecule has 1 aliphatic heterocycles. The minimum Gasteiger partial charge on any atom is -0.333 e. The molecule has 0 spiro atoms. The van der Waals surface area contributed by atoms with Gasteiger partial charge in [-0.05, 0) is 57.8 Å². The molecule has 0 aliphatic carbocycles. The van der Waals surface area contributed by atoms with Gasteiger partial charge in [0.1, 0.15) is 5.66 Å². The van der Waals surface area contributed by atoms with E-state index in [9.17, 15) is 0 Å². The van der Waals surface area contributed by atoms with Gasteiger partial charge < -0.3 is 21.3 Å². The van der Waals surface area contributed by atoms with Crippen LogP contribution in [-0.2, 0) is 0 Å². The van der Waals surface area contributed by atoms with Crippen LogP contribution >= 0.6 is 23.2 Å². The van der Waals surface area contributed by atoms with Crippen LogP contribution in [-0.4, -0.2) is 37.2 Å². The maximum atomic E-state index is 6.32. The van der Waals surface area contributed by atoms with Crippen LogP contribution in [0.4, 0.5) is 5.69 Å². The first-order chi connectivity index (χ1) is 10.4. The summed E-state index contributed by atoms with van der Waals surface area (Å²) in [5.41, 5.74) is 6.34. The summed E-state index contributed by atoms with van der Waals surface area (Å²) >= 11 is 12.0. The van der Waals surface area contributed by atoms with Crippen molar-refractivity contribution < 1.29 is 0 Å². The van der Waals surface area contributed by atoms with Crippen LogP contribution in [0.2, 0.25) is 10.0 Å². The second kappa shape index (κ2) is 7.33. The number of hydrogen-bond donors (Lipinski definition) is 3. The summed E-state index contributed by atoms with van der Waals surface area (Å²) in [5.74, 6) is 0.569. The number of aliphatic imine (C=N–C) groups is 1. The van der Waals surface area contributed by atoms with E-state index in [1.807, 2.05) is 20.2 Å². The molecule has 120 valence electrons. The van der Waals surface area contributed by atoms with Gasteiger partial charge in [0, 0.05) is 11.2 Å². The number of rotatable bonds is 5. The standard InChI is InChI=1S/C15H21Cl2N5/c1-22(2)9-3-6-15(18)7-8-19-14(21-15)20-13-5-4-11(16)10-12(13)17/h4-5,7-8,10H,3,6,9,18H2,1-2H3,(H2,19,20,21). The zero-order valence-corrected chi connectivity index (χ0v) is 14.2. The van der Waals surface area contributed by atoms with Gasteiger partial charge in [-0.3, -0.25) is 0 Å². The average Bonchev–Trinajstić information content (AvgIpc) is 2.41. The summed E-state index contributed by atoms with van der Waals surface area (Å²) in [5, 5.41) is 7.30. The van der Waals surface area contributed by atoms with Crippen LogP contribution in [0.25, 0.3) is 0 Å². The van der Waals surface area contributed by atoms with Crippen molar-refractivity contribution >= 4 is 34.8 Å². The van der Waals surface area contributed by atoms with Crippen LogP contribution < -0.4 is 16.4 Å². The number of hydrogen-bond acceptors (Lipinski definition) is 5. The molecule has 1 aromatic rings. The first-order valence-corrected chi connectivity index (χ1v) is 7.83. The Morgan fingerprint density at radius 2 is 2.14 bits per heavy atom. The Kier molecular flexibility index (Phi) is 5.69. The molecular weight excluding hydrogens is 321 g/mol. The van der Waals surface area contributed by atoms with Crippen molar-refractivity contribution in [3.05, 3.63) is 40.5 Å². The first-order valence-electron chi connectivity index (χ1n) is 7.08. The molecule has 0 saturated carbocycles. The molecule has 22 heavy (non-hydrogen) atoms. The highest BCUT2D eigenvalue weighted by Crippen LogP contribution is 2.26. The van der Waals surface area contributed by atoms with E-state index in [-0.39, 0.29) is 0 Å². The van der Waals surface area contributed by atoms with Crippen molar-refractivity contribution in [2.75, 3.05) is 26.0 Å². The molecule has 1 unspecified atom stereocenters. The Morgan fingerprint density at radius 1 is 1.36 bits per heavy atom. The second-order valence-electron chi connectivity index (χ2n) is 5.59. The lowest BCUT2D eigenvalue weighted by Crippen LogP contribution is -2.44.